The third-order valence-corrected chi connectivity index (χ3v) is 1.01. The van der Waals surface area contributed by atoms with Crippen LogP contribution in [0.3, 0.4) is 0 Å². The van der Waals surface area contributed by atoms with Crippen LogP contribution in [0.5, 0.6) is 5.88 Å². The summed E-state index contributed by atoms with van der Waals surface area (Å²) in [5.41, 5.74) is 0.540. The highest BCUT2D eigenvalue weighted by Crippen LogP contribution is 2.08. The molecule has 0 spiro atoms. The van der Waals surface area contributed by atoms with E-state index in [1.54, 1.807) is 6.92 Å². The molecular weight excluding hydrogens is 159 g/mol. The molecule has 0 aromatic carbocycles. The van der Waals surface area contributed by atoms with Gasteiger partial charge in [0, 0.05) is 0 Å². The van der Waals surface area contributed by atoms with Gasteiger partial charge in [-0.15, -0.1) is 0 Å². The highest BCUT2D eigenvalue weighted by atomic mass is 19.1. The van der Waals surface area contributed by atoms with E-state index in [0.29, 0.717) is 5.69 Å². The van der Waals surface area contributed by atoms with Crippen molar-refractivity contribution in [2.24, 2.45) is 0 Å². The van der Waals surface area contributed by atoms with Gasteiger partial charge in [-0.05, 0) is 6.92 Å². The Hall–Kier alpha value is -1.19. The summed E-state index contributed by atoms with van der Waals surface area (Å²) in [6.45, 7) is 5.66. The first-order valence-electron chi connectivity index (χ1n) is 3.77. The molecule has 68 valence electrons. The van der Waals surface area contributed by atoms with Crippen molar-refractivity contribution in [3.05, 3.63) is 17.8 Å². The molecule has 0 N–H and O–H groups in total. The predicted octanol–water partition coefficient (Wildman–Crippen LogP) is 1.96. The second kappa shape index (κ2) is 5.46. The molecule has 0 fully saturated rings. The van der Waals surface area contributed by atoms with E-state index in [4.69, 9.17) is 0 Å². The Labute approximate surface area is 71.6 Å². The Morgan fingerprint density at radius 2 is 2.00 bits per heavy atom. The van der Waals surface area contributed by atoms with Crippen molar-refractivity contribution >= 4 is 0 Å². The van der Waals surface area contributed by atoms with E-state index in [9.17, 15) is 4.39 Å². The summed E-state index contributed by atoms with van der Waals surface area (Å²) >= 11 is 0. The third kappa shape index (κ3) is 2.82. The Kier molecular flexibility index (Phi) is 4.92. The topological polar surface area (TPSA) is 35.0 Å². The highest BCUT2D eigenvalue weighted by Gasteiger charge is 2.03. The Morgan fingerprint density at radius 3 is 2.42 bits per heavy atom. The van der Waals surface area contributed by atoms with Crippen LogP contribution in [0.4, 0.5) is 4.39 Å². The van der Waals surface area contributed by atoms with Crippen molar-refractivity contribution in [3.63, 3.8) is 0 Å². The Balaban J connectivity index is 0.000000561. The number of ether oxygens (including phenoxy) is 1. The second-order valence-corrected chi connectivity index (χ2v) is 1.81. The molecule has 4 heteroatoms. The maximum Gasteiger partial charge on any atom is 0.275 e. The molecule has 1 heterocycles. The largest absolute Gasteiger partial charge is 0.478 e. The van der Waals surface area contributed by atoms with Gasteiger partial charge < -0.3 is 4.74 Å². The number of nitrogens with zero attached hydrogens (tertiary/aromatic N) is 2. The molecule has 1 aromatic rings. The smallest absolute Gasteiger partial charge is 0.275 e. The van der Waals surface area contributed by atoms with Crippen molar-refractivity contribution in [1.29, 1.82) is 0 Å². The lowest BCUT2D eigenvalue weighted by atomic mass is 10.5. The van der Waals surface area contributed by atoms with Crippen LogP contribution in [0, 0.1) is 12.9 Å². The van der Waals surface area contributed by atoms with Gasteiger partial charge in [-0.2, -0.15) is 4.39 Å². The van der Waals surface area contributed by atoms with E-state index in [0.717, 1.165) is 0 Å². The van der Waals surface area contributed by atoms with E-state index in [2.05, 4.69) is 14.7 Å². The van der Waals surface area contributed by atoms with Crippen molar-refractivity contribution in [2.45, 2.75) is 20.8 Å². The van der Waals surface area contributed by atoms with Gasteiger partial charge in [0.05, 0.1) is 19.0 Å². The van der Waals surface area contributed by atoms with Crippen molar-refractivity contribution in [3.8, 4) is 5.88 Å². The van der Waals surface area contributed by atoms with Crippen LogP contribution in [0.25, 0.3) is 0 Å². The fraction of sp³-hybridized carbons (Fsp3) is 0.500. The maximum absolute atomic E-state index is 12.6. The molecule has 0 amide bonds. The van der Waals surface area contributed by atoms with Crippen LogP contribution < -0.4 is 4.74 Å². The zero-order valence-corrected chi connectivity index (χ0v) is 7.76. The van der Waals surface area contributed by atoms with Crippen LogP contribution in [0.15, 0.2) is 6.20 Å². The lowest BCUT2D eigenvalue weighted by Crippen LogP contribution is -1.96. The average molecular weight is 172 g/mol. The van der Waals surface area contributed by atoms with E-state index >= 15 is 0 Å². The van der Waals surface area contributed by atoms with Crippen LogP contribution in [-0.4, -0.2) is 17.1 Å². The predicted molar refractivity (Wildman–Crippen MR) is 44.6 cm³/mol. The van der Waals surface area contributed by atoms with Crippen LogP contribution in [0.1, 0.15) is 19.5 Å². The van der Waals surface area contributed by atoms with Crippen molar-refractivity contribution < 1.29 is 9.13 Å². The van der Waals surface area contributed by atoms with Crippen LogP contribution >= 0.6 is 0 Å². The minimum absolute atomic E-state index is 0.0643. The molecule has 0 unspecified atom stereocenters. The molecule has 0 atom stereocenters. The number of halogens is 1. The summed E-state index contributed by atoms with van der Waals surface area (Å²) in [5.74, 6) is -0.729. The minimum atomic E-state index is -0.664. The number of methoxy groups -OCH3 is 1. The molecule has 0 radical (unpaired) electrons. The first-order chi connectivity index (χ1) is 5.74. The average Bonchev–Trinajstić information content (AvgIpc) is 2.08. The van der Waals surface area contributed by atoms with Crippen LogP contribution in [0.2, 0.25) is 0 Å². The van der Waals surface area contributed by atoms with Gasteiger partial charge in [-0.3, -0.25) is 0 Å². The number of hydrogen-bond acceptors (Lipinski definition) is 3. The van der Waals surface area contributed by atoms with Gasteiger partial charge in [-0.25, -0.2) is 9.97 Å². The monoisotopic (exact) mass is 172 g/mol. The molecule has 3 nitrogen and oxygen atoms in total. The van der Waals surface area contributed by atoms with E-state index < -0.39 is 5.95 Å². The SMILES string of the molecule is CC.COc1ncc(C)nc1F. The van der Waals surface area contributed by atoms with Gasteiger partial charge in [0.15, 0.2) is 0 Å². The first-order valence-corrected chi connectivity index (χ1v) is 3.77. The first kappa shape index (κ1) is 10.8. The number of aromatic nitrogens is 2. The number of hydrogen-bond donors (Lipinski definition) is 0. The summed E-state index contributed by atoms with van der Waals surface area (Å²) in [5, 5.41) is 0. The molecule has 0 aliphatic carbocycles. The molecule has 1 rings (SSSR count). The van der Waals surface area contributed by atoms with E-state index in [1.807, 2.05) is 13.8 Å². The summed E-state index contributed by atoms with van der Waals surface area (Å²) in [4.78, 5) is 7.13. The Morgan fingerprint density at radius 1 is 1.42 bits per heavy atom. The molecule has 0 bridgehead atoms. The standard InChI is InChI=1S/C6H7FN2O.C2H6/c1-4-3-8-6(10-2)5(7)9-4;1-2/h3H,1-2H3;1-2H3. The lowest BCUT2D eigenvalue weighted by Gasteiger charge is -1.97. The molecule has 1 aromatic heterocycles. The minimum Gasteiger partial charge on any atom is -0.478 e. The molecule has 0 saturated heterocycles. The molecular formula is C8H13FN2O. The maximum atomic E-state index is 12.6. The Bertz CT molecular complexity index is 240. The van der Waals surface area contributed by atoms with Gasteiger partial charge in [-0.1, -0.05) is 13.8 Å². The second-order valence-electron chi connectivity index (χ2n) is 1.81. The normalized spacial score (nSPS) is 8.42. The quantitative estimate of drug-likeness (QED) is 0.649. The number of rotatable bonds is 1. The molecule has 0 aliphatic rings. The zero-order chi connectivity index (χ0) is 9.56. The van der Waals surface area contributed by atoms with Crippen molar-refractivity contribution in [2.75, 3.05) is 7.11 Å². The van der Waals surface area contributed by atoms with Crippen LogP contribution in [-0.2, 0) is 0 Å². The fourth-order valence-corrected chi connectivity index (χ4v) is 0.574. The highest BCUT2D eigenvalue weighted by molar-refractivity contribution is 5.08. The molecule has 12 heavy (non-hydrogen) atoms. The summed E-state index contributed by atoms with van der Waals surface area (Å²) in [7, 11) is 1.35. The van der Waals surface area contributed by atoms with Gasteiger partial charge in [0.1, 0.15) is 0 Å². The van der Waals surface area contributed by atoms with Gasteiger partial charge in [0.25, 0.3) is 11.8 Å². The zero-order valence-electron chi connectivity index (χ0n) is 7.76. The summed E-state index contributed by atoms with van der Waals surface area (Å²) in [6, 6.07) is 0. The van der Waals surface area contributed by atoms with E-state index in [-0.39, 0.29) is 5.88 Å². The lowest BCUT2D eigenvalue weighted by molar-refractivity contribution is 0.359. The molecule has 0 saturated carbocycles. The van der Waals surface area contributed by atoms with Crippen molar-refractivity contribution in [1.82, 2.24) is 9.97 Å². The van der Waals surface area contributed by atoms with Gasteiger partial charge in [0.2, 0.25) is 0 Å². The van der Waals surface area contributed by atoms with E-state index in [1.165, 1.54) is 13.3 Å². The van der Waals surface area contributed by atoms with Gasteiger partial charge >= 0.3 is 0 Å². The fourth-order valence-electron chi connectivity index (χ4n) is 0.574. The number of aryl methyl sites for hydroxylation is 1. The molecule has 0 aliphatic heterocycles. The summed E-state index contributed by atoms with van der Waals surface area (Å²) < 4.78 is 17.1. The third-order valence-electron chi connectivity index (χ3n) is 1.01. The summed E-state index contributed by atoms with van der Waals surface area (Å²) in [6.07, 6.45) is 1.45.